The average molecular weight is 526 g/mol. The third-order valence-electron chi connectivity index (χ3n) is 9.58. The molecule has 2 saturated carbocycles. The first kappa shape index (κ1) is 30.7. The summed E-state index contributed by atoms with van der Waals surface area (Å²) >= 11 is 0. The van der Waals surface area contributed by atoms with Crippen LogP contribution in [0.2, 0.25) is 0 Å². The molecule has 0 aromatic heterocycles. The second kappa shape index (κ2) is 16.3. The van der Waals surface area contributed by atoms with E-state index in [1.165, 1.54) is 64.2 Å². The van der Waals surface area contributed by atoms with Gasteiger partial charge in [-0.3, -0.25) is 9.59 Å². The molecule has 214 valence electrons. The average Bonchev–Trinajstić information content (AvgIpc) is 2.96. The van der Waals surface area contributed by atoms with E-state index in [1.807, 2.05) is 49.2 Å². The van der Waals surface area contributed by atoms with Gasteiger partial charge < -0.3 is 9.64 Å². The van der Waals surface area contributed by atoms with Crippen molar-refractivity contribution in [2.75, 3.05) is 7.05 Å². The molecule has 4 heteroatoms. The fourth-order valence-electron chi connectivity index (χ4n) is 6.75. The second-order valence-corrected chi connectivity index (χ2v) is 12.4. The van der Waals surface area contributed by atoms with Crippen molar-refractivity contribution in [2.45, 2.75) is 136 Å². The minimum absolute atomic E-state index is 0.0140. The van der Waals surface area contributed by atoms with E-state index in [0.29, 0.717) is 0 Å². The quantitative estimate of drug-likeness (QED) is 0.180. The van der Waals surface area contributed by atoms with Crippen molar-refractivity contribution in [1.82, 2.24) is 4.90 Å². The molecule has 3 rings (SSSR count). The Morgan fingerprint density at radius 1 is 0.789 bits per heavy atom. The Morgan fingerprint density at radius 2 is 1.29 bits per heavy atom. The van der Waals surface area contributed by atoms with Gasteiger partial charge in [0, 0.05) is 13.0 Å². The first-order valence-electron chi connectivity index (χ1n) is 16.0. The lowest BCUT2D eigenvalue weighted by Gasteiger charge is -2.37. The first-order valence-corrected chi connectivity index (χ1v) is 16.0. The van der Waals surface area contributed by atoms with Crippen LogP contribution in [0.4, 0.5) is 0 Å². The number of rotatable bonds is 14. The lowest BCUT2D eigenvalue weighted by atomic mass is 9.79. The predicted molar refractivity (Wildman–Crippen MR) is 157 cm³/mol. The molecule has 0 aliphatic heterocycles. The van der Waals surface area contributed by atoms with Crippen LogP contribution in [-0.4, -0.2) is 29.9 Å². The minimum Gasteiger partial charge on any atom is -0.455 e. The van der Waals surface area contributed by atoms with E-state index in [0.717, 1.165) is 55.9 Å². The largest absolute Gasteiger partial charge is 0.455 e. The van der Waals surface area contributed by atoms with E-state index in [4.69, 9.17) is 4.74 Å². The highest BCUT2D eigenvalue weighted by atomic mass is 16.5. The minimum atomic E-state index is -0.440. The van der Waals surface area contributed by atoms with E-state index in [9.17, 15) is 9.59 Å². The number of benzene rings is 1. The Hall–Kier alpha value is -1.84. The molecular weight excluding hydrogens is 470 g/mol. The number of nitrogens with zero attached hydrogens (tertiary/aromatic N) is 1. The number of hydrogen-bond donors (Lipinski definition) is 0. The first-order chi connectivity index (χ1) is 18.4. The van der Waals surface area contributed by atoms with Crippen LogP contribution in [0, 0.1) is 23.7 Å². The van der Waals surface area contributed by atoms with E-state index < -0.39 is 6.10 Å². The third-order valence-corrected chi connectivity index (χ3v) is 9.58. The Balaban J connectivity index is 1.57. The maximum Gasteiger partial charge on any atom is 0.309 e. The number of likely N-dealkylation sites (N-methyl/N-ethyl adjacent to an activating group) is 1. The van der Waals surface area contributed by atoms with Crippen LogP contribution in [-0.2, 0) is 14.3 Å². The van der Waals surface area contributed by atoms with E-state index in [-0.39, 0.29) is 29.8 Å². The number of amides is 1. The zero-order chi connectivity index (χ0) is 27.3. The molecule has 2 atom stereocenters. The van der Waals surface area contributed by atoms with Gasteiger partial charge in [-0.2, -0.15) is 0 Å². The van der Waals surface area contributed by atoms with Crippen molar-refractivity contribution < 1.29 is 14.3 Å². The zero-order valence-corrected chi connectivity index (χ0v) is 24.8. The number of hydrogen-bond acceptors (Lipinski definition) is 3. The number of esters is 1. The zero-order valence-electron chi connectivity index (χ0n) is 24.8. The fourth-order valence-corrected chi connectivity index (χ4v) is 6.75. The van der Waals surface area contributed by atoms with Gasteiger partial charge in [0.05, 0.1) is 12.0 Å². The van der Waals surface area contributed by atoms with Gasteiger partial charge in [0.1, 0.15) is 6.10 Å². The number of carbonyl (C=O) groups excluding carboxylic acids is 2. The van der Waals surface area contributed by atoms with Gasteiger partial charge in [0.25, 0.3) is 0 Å². The topological polar surface area (TPSA) is 46.6 Å². The summed E-state index contributed by atoms with van der Waals surface area (Å²) in [6.45, 7) is 6.55. The summed E-state index contributed by atoms with van der Waals surface area (Å²) in [5, 5.41) is 0. The maximum atomic E-state index is 13.6. The van der Waals surface area contributed by atoms with Crippen LogP contribution >= 0.6 is 0 Å². The molecule has 0 heterocycles. The summed E-state index contributed by atoms with van der Waals surface area (Å²) in [5.41, 5.74) is 0.973. The summed E-state index contributed by atoms with van der Waals surface area (Å²) in [6, 6.07) is 9.82. The monoisotopic (exact) mass is 525 g/mol. The van der Waals surface area contributed by atoms with Crippen molar-refractivity contribution in [3.8, 4) is 0 Å². The standard InChI is InChI=1S/C34H55NO3/c1-5-7-10-14-27-18-22-30(23-19-27)33(36)35(4)26(3)32(29-16-12-9-13-17-29)38-34(37)31-24-20-28(21-25-31)15-11-8-6-2/h9,12-13,16-17,26-28,30-32H,5-8,10-11,14-15,18-25H2,1-4H3/t26-,27?,28?,30?,31?,32+/m0/s1. The molecule has 2 aliphatic rings. The Kier molecular flexibility index (Phi) is 13.2. The van der Waals surface area contributed by atoms with Gasteiger partial charge >= 0.3 is 5.97 Å². The second-order valence-electron chi connectivity index (χ2n) is 12.4. The van der Waals surface area contributed by atoms with Gasteiger partial charge in [-0.1, -0.05) is 95.5 Å². The van der Waals surface area contributed by atoms with Gasteiger partial charge in [-0.15, -0.1) is 0 Å². The molecule has 1 aromatic carbocycles. The van der Waals surface area contributed by atoms with Crippen LogP contribution < -0.4 is 0 Å². The molecule has 0 saturated heterocycles. The Labute approximate surface area is 233 Å². The summed E-state index contributed by atoms with van der Waals surface area (Å²) < 4.78 is 6.27. The normalized spacial score (nSPS) is 25.4. The van der Waals surface area contributed by atoms with Crippen molar-refractivity contribution in [3.05, 3.63) is 35.9 Å². The molecule has 1 amide bonds. The Morgan fingerprint density at radius 3 is 1.79 bits per heavy atom. The fraction of sp³-hybridized carbons (Fsp3) is 0.765. The van der Waals surface area contributed by atoms with Crippen molar-refractivity contribution in [1.29, 1.82) is 0 Å². The highest BCUT2D eigenvalue weighted by molar-refractivity contribution is 5.79. The third kappa shape index (κ3) is 9.12. The smallest absolute Gasteiger partial charge is 0.309 e. The molecular formula is C34H55NO3. The summed E-state index contributed by atoms with van der Waals surface area (Å²) in [6.07, 6.45) is 18.4. The highest BCUT2D eigenvalue weighted by Gasteiger charge is 2.36. The van der Waals surface area contributed by atoms with Gasteiger partial charge in [0.15, 0.2) is 0 Å². The van der Waals surface area contributed by atoms with Crippen LogP contribution in [0.15, 0.2) is 30.3 Å². The van der Waals surface area contributed by atoms with Crippen LogP contribution in [0.5, 0.6) is 0 Å². The van der Waals surface area contributed by atoms with Gasteiger partial charge in [-0.05, 0) is 75.7 Å². The van der Waals surface area contributed by atoms with Crippen LogP contribution in [0.25, 0.3) is 0 Å². The SMILES string of the molecule is CCCCCC1CCC(C(=O)O[C@@H](c2ccccc2)[C@H](C)N(C)C(=O)C2CCC(CCCCC)CC2)CC1. The van der Waals surface area contributed by atoms with E-state index >= 15 is 0 Å². The molecule has 2 fully saturated rings. The van der Waals surface area contributed by atoms with Crippen molar-refractivity contribution in [3.63, 3.8) is 0 Å². The van der Waals surface area contributed by atoms with E-state index in [1.54, 1.807) is 0 Å². The lowest BCUT2D eigenvalue weighted by Crippen LogP contribution is -2.44. The van der Waals surface area contributed by atoms with Gasteiger partial charge in [-0.25, -0.2) is 0 Å². The molecule has 0 unspecified atom stereocenters. The summed E-state index contributed by atoms with van der Waals surface area (Å²) in [4.78, 5) is 28.8. The van der Waals surface area contributed by atoms with Crippen molar-refractivity contribution >= 4 is 11.9 Å². The highest BCUT2D eigenvalue weighted by Crippen LogP contribution is 2.36. The molecule has 0 spiro atoms. The summed E-state index contributed by atoms with van der Waals surface area (Å²) in [7, 11) is 1.91. The summed E-state index contributed by atoms with van der Waals surface area (Å²) in [5.74, 6) is 1.77. The molecule has 0 bridgehead atoms. The van der Waals surface area contributed by atoms with Crippen LogP contribution in [0.1, 0.15) is 135 Å². The maximum absolute atomic E-state index is 13.6. The molecule has 1 aromatic rings. The van der Waals surface area contributed by atoms with Crippen molar-refractivity contribution in [2.24, 2.45) is 23.7 Å². The molecule has 0 radical (unpaired) electrons. The molecule has 0 N–H and O–H groups in total. The Bertz CT molecular complexity index is 808. The van der Waals surface area contributed by atoms with Crippen LogP contribution in [0.3, 0.4) is 0 Å². The van der Waals surface area contributed by atoms with Gasteiger partial charge in [0.2, 0.25) is 5.91 Å². The number of unbranched alkanes of at least 4 members (excludes halogenated alkanes) is 4. The lowest BCUT2D eigenvalue weighted by molar-refractivity contribution is -0.162. The molecule has 38 heavy (non-hydrogen) atoms. The molecule has 2 aliphatic carbocycles. The number of ether oxygens (including phenoxy) is 1. The number of carbonyl (C=O) groups is 2. The molecule has 4 nitrogen and oxygen atoms in total. The predicted octanol–water partition coefficient (Wildman–Crippen LogP) is 8.89. The van der Waals surface area contributed by atoms with E-state index in [2.05, 4.69) is 13.8 Å².